The van der Waals surface area contributed by atoms with E-state index in [1.807, 2.05) is 39.0 Å². The van der Waals surface area contributed by atoms with Crippen LogP contribution < -0.4 is 10.6 Å². The molecule has 0 unspecified atom stereocenters. The highest BCUT2D eigenvalue weighted by atomic mass is 16.2. The van der Waals surface area contributed by atoms with Crippen molar-refractivity contribution < 1.29 is 9.59 Å². The first-order valence-corrected chi connectivity index (χ1v) is 7.51. The number of hydrogen-bond acceptors (Lipinski definition) is 2. The number of benzene rings is 1. The Morgan fingerprint density at radius 1 is 1.05 bits per heavy atom. The lowest BCUT2D eigenvalue weighted by Crippen LogP contribution is -2.51. The average molecular weight is 290 g/mol. The summed E-state index contributed by atoms with van der Waals surface area (Å²) in [6, 6.07) is 9.81. The van der Waals surface area contributed by atoms with Gasteiger partial charge in [-0.05, 0) is 31.2 Å². The minimum atomic E-state index is -0.471. The van der Waals surface area contributed by atoms with E-state index in [2.05, 4.69) is 22.8 Å². The van der Waals surface area contributed by atoms with Crippen LogP contribution in [0.2, 0.25) is 0 Å². The third kappa shape index (κ3) is 6.43. The first-order valence-electron chi connectivity index (χ1n) is 7.51. The van der Waals surface area contributed by atoms with Crippen LogP contribution >= 0.6 is 0 Å². The van der Waals surface area contributed by atoms with Crippen molar-refractivity contribution in [2.24, 2.45) is 5.92 Å². The molecule has 0 spiro atoms. The molecule has 2 amide bonds. The van der Waals surface area contributed by atoms with Gasteiger partial charge >= 0.3 is 0 Å². The normalized spacial score (nSPS) is 13.6. The largest absolute Gasteiger partial charge is 0.352 e. The number of amides is 2. The van der Waals surface area contributed by atoms with Crippen LogP contribution in [-0.4, -0.2) is 23.9 Å². The topological polar surface area (TPSA) is 58.2 Å². The van der Waals surface area contributed by atoms with Gasteiger partial charge in [-0.2, -0.15) is 0 Å². The molecule has 0 fully saturated rings. The minimum absolute atomic E-state index is 0.0650. The molecule has 0 heterocycles. The standard InChI is InChI=1S/C17H26N2O2/c1-12(2)16(19-14(4)20)17(21)18-13(3)10-11-15-8-6-5-7-9-15/h5-9,12-13,16H,10-11H2,1-4H3,(H,18,21)(H,19,20)/t13-,16+/m0/s1. The van der Waals surface area contributed by atoms with Gasteiger partial charge in [-0.15, -0.1) is 0 Å². The Morgan fingerprint density at radius 2 is 1.67 bits per heavy atom. The van der Waals surface area contributed by atoms with Gasteiger partial charge in [0.2, 0.25) is 11.8 Å². The second-order valence-corrected chi connectivity index (χ2v) is 5.86. The van der Waals surface area contributed by atoms with Crippen molar-refractivity contribution in [1.29, 1.82) is 0 Å². The highest BCUT2D eigenvalue weighted by molar-refractivity contribution is 5.87. The van der Waals surface area contributed by atoms with Gasteiger partial charge in [-0.3, -0.25) is 9.59 Å². The molecule has 0 saturated heterocycles. The summed E-state index contributed by atoms with van der Waals surface area (Å²) in [6.07, 6.45) is 1.80. The summed E-state index contributed by atoms with van der Waals surface area (Å²) in [6.45, 7) is 7.27. The zero-order chi connectivity index (χ0) is 15.8. The van der Waals surface area contributed by atoms with E-state index in [1.165, 1.54) is 12.5 Å². The summed E-state index contributed by atoms with van der Waals surface area (Å²) in [7, 11) is 0. The van der Waals surface area contributed by atoms with Crippen LogP contribution in [0.4, 0.5) is 0 Å². The molecule has 1 rings (SSSR count). The molecule has 4 nitrogen and oxygen atoms in total. The zero-order valence-corrected chi connectivity index (χ0v) is 13.3. The van der Waals surface area contributed by atoms with E-state index < -0.39 is 6.04 Å². The minimum Gasteiger partial charge on any atom is -0.352 e. The maximum atomic E-state index is 12.2. The van der Waals surface area contributed by atoms with E-state index >= 15 is 0 Å². The van der Waals surface area contributed by atoms with Crippen LogP contribution in [0.5, 0.6) is 0 Å². The summed E-state index contributed by atoms with van der Waals surface area (Å²) in [5.41, 5.74) is 1.26. The fourth-order valence-electron chi connectivity index (χ4n) is 2.19. The predicted octanol–water partition coefficient (Wildman–Crippen LogP) is 2.28. The highest BCUT2D eigenvalue weighted by Gasteiger charge is 2.23. The molecule has 0 aliphatic carbocycles. The van der Waals surface area contributed by atoms with Gasteiger partial charge in [0.05, 0.1) is 0 Å². The Hall–Kier alpha value is -1.84. The first-order chi connectivity index (χ1) is 9.90. The van der Waals surface area contributed by atoms with Crippen molar-refractivity contribution in [3.63, 3.8) is 0 Å². The lowest BCUT2D eigenvalue weighted by atomic mass is 10.0. The molecule has 0 aliphatic heterocycles. The molecule has 4 heteroatoms. The number of carbonyl (C=O) groups excluding carboxylic acids is 2. The molecule has 0 aliphatic rings. The van der Waals surface area contributed by atoms with E-state index in [-0.39, 0.29) is 23.8 Å². The van der Waals surface area contributed by atoms with Gasteiger partial charge in [0.15, 0.2) is 0 Å². The highest BCUT2D eigenvalue weighted by Crippen LogP contribution is 2.06. The van der Waals surface area contributed by atoms with Gasteiger partial charge in [0.1, 0.15) is 6.04 Å². The monoisotopic (exact) mass is 290 g/mol. The molecule has 0 aromatic heterocycles. The Bertz CT molecular complexity index is 457. The van der Waals surface area contributed by atoms with Crippen LogP contribution in [0.25, 0.3) is 0 Å². The number of carbonyl (C=O) groups is 2. The maximum Gasteiger partial charge on any atom is 0.243 e. The molecule has 1 aromatic rings. The fraction of sp³-hybridized carbons (Fsp3) is 0.529. The van der Waals surface area contributed by atoms with Crippen molar-refractivity contribution in [3.8, 4) is 0 Å². The molecule has 2 atom stereocenters. The second-order valence-electron chi connectivity index (χ2n) is 5.86. The van der Waals surface area contributed by atoms with Crippen LogP contribution in [0.1, 0.15) is 39.7 Å². The Labute approximate surface area is 127 Å². The summed E-state index contributed by atoms with van der Waals surface area (Å²) in [5, 5.41) is 5.69. The van der Waals surface area contributed by atoms with E-state index in [1.54, 1.807) is 0 Å². The lowest BCUT2D eigenvalue weighted by Gasteiger charge is -2.23. The molecule has 2 N–H and O–H groups in total. The van der Waals surface area contributed by atoms with Gasteiger partial charge in [0, 0.05) is 13.0 Å². The maximum absolute atomic E-state index is 12.2. The molecular formula is C17H26N2O2. The summed E-state index contributed by atoms with van der Waals surface area (Å²) >= 11 is 0. The van der Waals surface area contributed by atoms with Crippen molar-refractivity contribution in [2.75, 3.05) is 0 Å². The van der Waals surface area contributed by atoms with Crippen molar-refractivity contribution in [3.05, 3.63) is 35.9 Å². The predicted molar refractivity (Wildman–Crippen MR) is 84.8 cm³/mol. The van der Waals surface area contributed by atoms with Gasteiger partial charge in [-0.1, -0.05) is 44.2 Å². The van der Waals surface area contributed by atoms with E-state index in [0.29, 0.717) is 0 Å². The Morgan fingerprint density at radius 3 is 2.19 bits per heavy atom. The van der Waals surface area contributed by atoms with E-state index in [9.17, 15) is 9.59 Å². The van der Waals surface area contributed by atoms with Crippen LogP contribution in [0.15, 0.2) is 30.3 Å². The Kier molecular flexibility index (Phi) is 6.92. The quantitative estimate of drug-likeness (QED) is 0.809. The number of rotatable bonds is 7. The second kappa shape index (κ2) is 8.45. The lowest BCUT2D eigenvalue weighted by molar-refractivity contribution is -0.129. The average Bonchev–Trinajstić information content (AvgIpc) is 2.43. The molecule has 1 aromatic carbocycles. The zero-order valence-electron chi connectivity index (χ0n) is 13.3. The van der Waals surface area contributed by atoms with Gasteiger partial charge in [-0.25, -0.2) is 0 Å². The van der Waals surface area contributed by atoms with Crippen LogP contribution in [0, 0.1) is 5.92 Å². The summed E-state index contributed by atoms with van der Waals surface area (Å²) in [5.74, 6) is -0.225. The molecule has 116 valence electrons. The van der Waals surface area contributed by atoms with Crippen LogP contribution in [-0.2, 0) is 16.0 Å². The SMILES string of the molecule is CC(=O)N[C@@H](C(=O)N[C@@H](C)CCc1ccccc1)C(C)C. The van der Waals surface area contributed by atoms with E-state index in [4.69, 9.17) is 0 Å². The van der Waals surface area contributed by atoms with Crippen LogP contribution in [0.3, 0.4) is 0 Å². The molecule has 0 saturated carbocycles. The third-order valence-electron chi connectivity index (χ3n) is 3.41. The van der Waals surface area contributed by atoms with Crippen molar-refractivity contribution in [2.45, 2.75) is 52.6 Å². The molecule has 0 bridgehead atoms. The molecular weight excluding hydrogens is 264 g/mol. The number of nitrogens with one attached hydrogen (secondary N) is 2. The molecule has 21 heavy (non-hydrogen) atoms. The van der Waals surface area contributed by atoms with Gasteiger partial charge < -0.3 is 10.6 Å². The summed E-state index contributed by atoms with van der Waals surface area (Å²) in [4.78, 5) is 23.4. The molecule has 0 radical (unpaired) electrons. The third-order valence-corrected chi connectivity index (χ3v) is 3.41. The van der Waals surface area contributed by atoms with E-state index in [0.717, 1.165) is 12.8 Å². The summed E-state index contributed by atoms with van der Waals surface area (Å²) < 4.78 is 0. The first kappa shape index (κ1) is 17.2. The number of aryl methyl sites for hydroxylation is 1. The van der Waals surface area contributed by atoms with Gasteiger partial charge in [0.25, 0.3) is 0 Å². The Balaban J connectivity index is 2.46. The fourth-order valence-corrected chi connectivity index (χ4v) is 2.19. The van der Waals surface area contributed by atoms with Crippen molar-refractivity contribution >= 4 is 11.8 Å². The number of hydrogen-bond donors (Lipinski definition) is 2. The smallest absolute Gasteiger partial charge is 0.243 e. The van der Waals surface area contributed by atoms with Crippen molar-refractivity contribution in [1.82, 2.24) is 10.6 Å².